The van der Waals surface area contributed by atoms with Crippen LogP contribution in [0.15, 0.2) is 54.7 Å². The second-order valence-corrected chi connectivity index (χ2v) is 5.20. The average molecular weight is 280 g/mol. The summed E-state index contributed by atoms with van der Waals surface area (Å²) >= 11 is 0. The van der Waals surface area contributed by atoms with Gasteiger partial charge in [0.2, 0.25) is 0 Å². The van der Waals surface area contributed by atoms with Gasteiger partial charge < -0.3 is 9.30 Å². The molecule has 1 aliphatic heterocycles. The van der Waals surface area contributed by atoms with Gasteiger partial charge in [0.15, 0.2) is 6.23 Å². The molecule has 0 saturated carbocycles. The Morgan fingerprint density at radius 2 is 2.00 bits per heavy atom. The van der Waals surface area contributed by atoms with Gasteiger partial charge in [0.1, 0.15) is 5.75 Å². The van der Waals surface area contributed by atoms with E-state index in [2.05, 4.69) is 52.6 Å². The molecule has 0 bridgehead atoms. The smallest absolute Gasteiger partial charge is 0.178 e. The summed E-state index contributed by atoms with van der Waals surface area (Å²) < 4.78 is 7.59. The molecule has 1 aromatic heterocycles. The van der Waals surface area contributed by atoms with E-state index in [9.17, 15) is 0 Å². The highest BCUT2D eigenvalue weighted by Crippen LogP contribution is 2.34. The van der Waals surface area contributed by atoms with Gasteiger partial charge in [0.25, 0.3) is 0 Å². The number of ether oxygens (including phenoxy) is 1. The molecule has 1 fully saturated rings. The highest BCUT2D eigenvalue weighted by Gasteiger charge is 2.28. The maximum atomic E-state index is 5.33. The first kappa shape index (κ1) is 12.4. The lowest BCUT2D eigenvalue weighted by Crippen LogP contribution is -1.97. The standard InChI is InChI=1S/C17H16N2O2/c1-20-13-7-8-16-14(9-13)15(17-18-21-17)11-19(16)10-12-5-3-2-4-6-12/h2-9,11,17-18H,10H2,1H3. The number of hydrogen-bond donors (Lipinski definition) is 1. The summed E-state index contributed by atoms with van der Waals surface area (Å²) in [5, 5.41) is 1.17. The Bertz CT molecular complexity index is 776. The summed E-state index contributed by atoms with van der Waals surface area (Å²) in [5.41, 5.74) is 6.52. The molecule has 0 amide bonds. The molecule has 1 unspecified atom stereocenters. The van der Waals surface area contributed by atoms with E-state index in [0.29, 0.717) is 0 Å². The van der Waals surface area contributed by atoms with Gasteiger partial charge in [-0.15, -0.1) is 0 Å². The van der Waals surface area contributed by atoms with Crippen molar-refractivity contribution in [3.05, 3.63) is 65.9 Å². The van der Waals surface area contributed by atoms with Crippen molar-refractivity contribution < 1.29 is 9.57 Å². The third-order valence-corrected chi connectivity index (χ3v) is 3.83. The van der Waals surface area contributed by atoms with Gasteiger partial charge in [0, 0.05) is 29.2 Å². The second-order valence-electron chi connectivity index (χ2n) is 5.20. The fourth-order valence-electron chi connectivity index (χ4n) is 2.71. The van der Waals surface area contributed by atoms with Crippen LogP contribution in [0, 0.1) is 0 Å². The molecule has 3 aromatic rings. The molecule has 1 saturated heterocycles. The number of aromatic nitrogens is 1. The molecule has 2 heterocycles. The van der Waals surface area contributed by atoms with Crippen LogP contribution >= 0.6 is 0 Å². The minimum Gasteiger partial charge on any atom is -0.497 e. The molecule has 0 aliphatic carbocycles. The zero-order valence-corrected chi connectivity index (χ0v) is 11.7. The van der Waals surface area contributed by atoms with Crippen molar-refractivity contribution >= 4 is 10.9 Å². The van der Waals surface area contributed by atoms with E-state index >= 15 is 0 Å². The Labute approximate surface area is 122 Å². The average Bonchev–Trinajstić information content (AvgIpc) is 3.32. The van der Waals surface area contributed by atoms with Gasteiger partial charge in [-0.2, -0.15) is 5.48 Å². The zero-order valence-electron chi connectivity index (χ0n) is 11.7. The summed E-state index contributed by atoms with van der Waals surface area (Å²) in [6, 6.07) is 16.6. The number of hydrogen-bond acceptors (Lipinski definition) is 3. The molecule has 0 radical (unpaired) electrons. The largest absolute Gasteiger partial charge is 0.497 e. The maximum Gasteiger partial charge on any atom is 0.178 e. The minimum atomic E-state index is -0.00312. The van der Waals surface area contributed by atoms with Crippen molar-refractivity contribution in [1.29, 1.82) is 0 Å². The van der Waals surface area contributed by atoms with Crippen LogP contribution in [-0.4, -0.2) is 11.7 Å². The van der Waals surface area contributed by atoms with Crippen molar-refractivity contribution in [2.24, 2.45) is 0 Å². The number of benzene rings is 2. The second kappa shape index (κ2) is 4.91. The zero-order chi connectivity index (χ0) is 14.2. The van der Waals surface area contributed by atoms with Crippen molar-refractivity contribution in [2.45, 2.75) is 12.8 Å². The SMILES string of the molecule is COc1ccc2c(c1)c(C1NO1)cn2Cc1ccccc1. The molecule has 21 heavy (non-hydrogen) atoms. The molecule has 106 valence electrons. The minimum absolute atomic E-state index is 0.00312. The van der Waals surface area contributed by atoms with Gasteiger partial charge in [-0.25, -0.2) is 0 Å². The summed E-state index contributed by atoms with van der Waals surface area (Å²) in [7, 11) is 1.69. The Morgan fingerprint density at radius 3 is 2.71 bits per heavy atom. The van der Waals surface area contributed by atoms with Crippen LogP contribution in [0.5, 0.6) is 5.75 Å². The van der Waals surface area contributed by atoms with Crippen LogP contribution in [0.3, 0.4) is 0 Å². The van der Waals surface area contributed by atoms with Crippen LogP contribution in [0.2, 0.25) is 0 Å². The number of rotatable bonds is 4. The van der Waals surface area contributed by atoms with Gasteiger partial charge in [-0.05, 0) is 23.8 Å². The van der Waals surface area contributed by atoms with Crippen LogP contribution in [0.25, 0.3) is 10.9 Å². The first-order valence-corrected chi connectivity index (χ1v) is 6.97. The van der Waals surface area contributed by atoms with E-state index < -0.39 is 0 Å². The Morgan fingerprint density at radius 1 is 1.19 bits per heavy atom. The van der Waals surface area contributed by atoms with Gasteiger partial charge in [-0.3, -0.25) is 4.84 Å². The molecule has 1 atom stereocenters. The van der Waals surface area contributed by atoms with E-state index in [0.717, 1.165) is 17.9 Å². The summed E-state index contributed by atoms with van der Waals surface area (Å²) in [4.78, 5) is 5.24. The normalized spacial score (nSPS) is 17.1. The lowest BCUT2D eigenvalue weighted by atomic mass is 10.1. The van der Waals surface area contributed by atoms with Gasteiger partial charge >= 0.3 is 0 Å². The Hall–Kier alpha value is -2.30. The summed E-state index contributed by atoms with van der Waals surface area (Å²) in [6.07, 6.45) is 2.15. The molecule has 0 spiro atoms. The van der Waals surface area contributed by atoms with Gasteiger partial charge in [-0.1, -0.05) is 30.3 Å². The predicted octanol–water partition coefficient (Wildman–Crippen LogP) is 3.23. The predicted molar refractivity (Wildman–Crippen MR) is 81.0 cm³/mol. The number of fused-ring (bicyclic) bond motifs is 1. The molecule has 1 N–H and O–H groups in total. The van der Waals surface area contributed by atoms with Crippen molar-refractivity contribution in [3.8, 4) is 5.75 Å². The number of hydroxylamine groups is 1. The molecule has 1 aliphatic rings. The molecule has 4 heteroatoms. The molecule has 4 nitrogen and oxygen atoms in total. The Balaban J connectivity index is 1.81. The number of nitrogens with one attached hydrogen (secondary N) is 1. The lowest BCUT2D eigenvalue weighted by Gasteiger charge is -2.06. The Kier molecular flexibility index (Phi) is 2.91. The quantitative estimate of drug-likeness (QED) is 0.746. The first-order valence-electron chi connectivity index (χ1n) is 6.97. The fraction of sp³-hybridized carbons (Fsp3) is 0.176. The summed E-state index contributed by atoms with van der Waals surface area (Å²) in [5.74, 6) is 0.863. The number of methoxy groups -OCH3 is 1. The number of nitrogens with zero attached hydrogens (tertiary/aromatic N) is 1. The van der Waals surface area contributed by atoms with E-state index in [1.165, 1.54) is 16.5 Å². The van der Waals surface area contributed by atoms with Crippen molar-refractivity contribution in [1.82, 2.24) is 10.0 Å². The van der Waals surface area contributed by atoms with E-state index in [4.69, 9.17) is 9.57 Å². The third-order valence-electron chi connectivity index (χ3n) is 3.83. The van der Waals surface area contributed by atoms with Crippen LogP contribution in [-0.2, 0) is 11.4 Å². The highest BCUT2D eigenvalue weighted by molar-refractivity contribution is 5.86. The van der Waals surface area contributed by atoms with Crippen LogP contribution < -0.4 is 10.2 Å². The maximum absolute atomic E-state index is 5.33. The molecule has 2 aromatic carbocycles. The van der Waals surface area contributed by atoms with E-state index in [-0.39, 0.29) is 6.23 Å². The van der Waals surface area contributed by atoms with E-state index in [1.807, 2.05) is 12.1 Å². The highest BCUT2D eigenvalue weighted by atomic mass is 16.8. The van der Waals surface area contributed by atoms with Crippen molar-refractivity contribution in [3.63, 3.8) is 0 Å². The van der Waals surface area contributed by atoms with E-state index in [1.54, 1.807) is 7.11 Å². The van der Waals surface area contributed by atoms with Crippen LogP contribution in [0.1, 0.15) is 17.4 Å². The van der Waals surface area contributed by atoms with Gasteiger partial charge in [0.05, 0.1) is 7.11 Å². The molecular formula is C17H16N2O2. The summed E-state index contributed by atoms with van der Waals surface area (Å²) in [6.45, 7) is 0.844. The molecular weight excluding hydrogens is 264 g/mol. The monoisotopic (exact) mass is 280 g/mol. The topological polar surface area (TPSA) is 48.6 Å². The van der Waals surface area contributed by atoms with Crippen molar-refractivity contribution in [2.75, 3.05) is 7.11 Å². The first-order chi connectivity index (χ1) is 10.3. The fourth-order valence-corrected chi connectivity index (χ4v) is 2.71. The molecule has 4 rings (SSSR count). The lowest BCUT2D eigenvalue weighted by molar-refractivity contribution is 0.375. The van der Waals surface area contributed by atoms with Crippen LogP contribution in [0.4, 0.5) is 0 Å². The third kappa shape index (κ3) is 2.28.